The van der Waals surface area contributed by atoms with Crippen molar-refractivity contribution in [3.05, 3.63) is 16.3 Å². The van der Waals surface area contributed by atoms with E-state index in [-0.39, 0.29) is 4.88 Å². The van der Waals surface area contributed by atoms with Gasteiger partial charge in [0.2, 0.25) is 10.0 Å². The number of carbonyl (C=O) groups is 1. The Kier molecular flexibility index (Phi) is 3.82. The van der Waals surface area contributed by atoms with Crippen LogP contribution in [-0.4, -0.2) is 42.6 Å². The van der Waals surface area contributed by atoms with Crippen molar-refractivity contribution in [2.24, 2.45) is 0 Å². The molecule has 1 N–H and O–H groups in total. The monoisotopic (exact) mass is 329 g/mol. The van der Waals surface area contributed by atoms with Crippen LogP contribution in [0.5, 0.6) is 0 Å². The molecule has 1 fully saturated rings. The fourth-order valence-electron chi connectivity index (χ4n) is 1.65. The van der Waals surface area contributed by atoms with Gasteiger partial charge in [0.25, 0.3) is 0 Å². The van der Waals surface area contributed by atoms with Crippen LogP contribution >= 0.6 is 11.3 Å². The molecule has 1 saturated carbocycles. The molecule has 1 aliphatic rings. The summed E-state index contributed by atoms with van der Waals surface area (Å²) >= 11 is 0.665. The van der Waals surface area contributed by atoms with Crippen LogP contribution in [-0.2, 0) is 10.0 Å². The molecule has 1 aromatic rings. The summed E-state index contributed by atoms with van der Waals surface area (Å²) in [6.07, 6.45) is -3.88. The minimum absolute atomic E-state index is 0.230. The molecule has 0 atom stereocenters. The van der Waals surface area contributed by atoms with Gasteiger partial charge in [-0.3, -0.25) is 0 Å². The second-order valence-corrected chi connectivity index (χ2v) is 7.15. The lowest BCUT2D eigenvalue weighted by atomic mass is 10.5. The first-order valence-electron chi connectivity index (χ1n) is 5.52. The van der Waals surface area contributed by atoms with Crippen molar-refractivity contribution >= 4 is 27.3 Å². The highest BCUT2D eigenvalue weighted by atomic mass is 32.2. The van der Waals surface area contributed by atoms with Gasteiger partial charge in [0, 0.05) is 11.4 Å². The molecular formula is C10H10F3NO4S2. The van der Waals surface area contributed by atoms with Crippen molar-refractivity contribution in [3.63, 3.8) is 0 Å². The number of rotatable bonds is 5. The van der Waals surface area contributed by atoms with Crippen molar-refractivity contribution in [1.82, 2.24) is 4.31 Å². The maximum Gasteiger partial charge on any atom is 0.402 e. The van der Waals surface area contributed by atoms with Gasteiger partial charge in [-0.05, 0) is 18.9 Å². The topological polar surface area (TPSA) is 74.7 Å². The lowest BCUT2D eigenvalue weighted by Gasteiger charge is -2.22. The molecule has 0 aromatic carbocycles. The number of carboxylic acids is 1. The molecule has 0 amide bonds. The molecule has 0 bridgehead atoms. The molecule has 20 heavy (non-hydrogen) atoms. The average Bonchev–Trinajstić information content (AvgIpc) is 2.99. The Bertz CT molecular complexity index is 619. The number of carboxylic acid groups (broad SMARTS) is 1. The molecule has 1 aromatic heterocycles. The molecule has 0 aliphatic heterocycles. The highest BCUT2D eigenvalue weighted by Gasteiger charge is 2.45. The van der Waals surface area contributed by atoms with Gasteiger partial charge in [0.05, 0.1) is 4.90 Å². The van der Waals surface area contributed by atoms with Gasteiger partial charge in [-0.15, -0.1) is 11.3 Å². The van der Waals surface area contributed by atoms with Crippen LogP contribution in [0.2, 0.25) is 0 Å². The largest absolute Gasteiger partial charge is 0.477 e. The second kappa shape index (κ2) is 5.01. The van der Waals surface area contributed by atoms with Gasteiger partial charge >= 0.3 is 12.1 Å². The normalized spacial score (nSPS) is 16.6. The number of hydrogen-bond donors (Lipinski definition) is 1. The van der Waals surface area contributed by atoms with E-state index in [9.17, 15) is 26.4 Å². The Hall–Kier alpha value is -1.13. The molecule has 0 unspecified atom stereocenters. The first-order chi connectivity index (χ1) is 9.11. The third-order valence-corrected chi connectivity index (χ3v) is 5.63. The third kappa shape index (κ3) is 3.30. The van der Waals surface area contributed by atoms with Crippen LogP contribution in [0.25, 0.3) is 0 Å². The molecule has 112 valence electrons. The number of nitrogens with zero attached hydrogens (tertiary/aromatic N) is 1. The van der Waals surface area contributed by atoms with Crippen LogP contribution in [0.3, 0.4) is 0 Å². The Morgan fingerprint density at radius 2 is 2.05 bits per heavy atom. The molecule has 0 saturated heterocycles. The smallest absolute Gasteiger partial charge is 0.402 e. The van der Waals surface area contributed by atoms with E-state index in [2.05, 4.69) is 0 Å². The van der Waals surface area contributed by atoms with Gasteiger partial charge in [0.1, 0.15) is 11.4 Å². The summed E-state index contributed by atoms with van der Waals surface area (Å²) in [5.41, 5.74) is 0. The lowest BCUT2D eigenvalue weighted by molar-refractivity contribution is -0.137. The Balaban J connectivity index is 2.32. The highest BCUT2D eigenvalue weighted by molar-refractivity contribution is 7.89. The van der Waals surface area contributed by atoms with E-state index in [4.69, 9.17) is 5.11 Å². The quantitative estimate of drug-likeness (QED) is 0.898. The third-order valence-electron chi connectivity index (χ3n) is 2.68. The average molecular weight is 329 g/mol. The highest BCUT2D eigenvalue weighted by Crippen LogP contribution is 2.35. The Morgan fingerprint density at radius 1 is 1.45 bits per heavy atom. The molecule has 1 heterocycles. The number of sulfonamides is 1. The zero-order chi connectivity index (χ0) is 15.1. The number of aromatic carboxylic acids is 1. The fraction of sp³-hybridized carbons (Fsp3) is 0.500. The zero-order valence-corrected chi connectivity index (χ0v) is 11.6. The summed E-state index contributed by atoms with van der Waals surface area (Å²) in [6.45, 7) is -1.56. The van der Waals surface area contributed by atoms with E-state index in [1.54, 1.807) is 0 Å². The number of thiophene rings is 1. The lowest BCUT2D eigenvalue weighted by Crippen LogP contribution is -2.40. The van der Waals surface area contributed by atoms with Gasteiger partial charge in [-0.25, -0.2) is 13.2 Å². The summed E-state index contributed by atoms with van der Waals surface area (Å²) in [4.78, 5) is 10.1. The van der Waals surface area contributed by atoms with Crippen molar-refractivity contribution in [2.75, 3.05) is 6.54 Å². The summed E-state index contributed by atoms with van der Waals surface area (Å²) in [5.74, 6) is -1.31. The molecule has 10 heteroatoms. The van der Waals surface area contributed by atoms with Gasteiger partial charge < -0.3 is 5.11 Å². The summed E-state index contributed by atoms with van der Waals surface area (Å²) in [5, 5.41) is 9.78. The van der Waals surface area contributed by atoms with Crippen LogP contribution in [0.1, 0.15) is 22.5 Å². The predicted octanol–water partition coefficient (Wildman–Crippen LogP) is 2.16. The van der Waals surface area contributed by atoms with Crippen LogP contribution in [0.15, 0.2) is 16.3 Å². The second-order valence-electron chi connectivity index (χ2n) is 4.35. The molecule has 5 nitrogen and oxygen atoms in total. The van der Waals surface area contributed by atoms with Crippen molar-refractivity contribution < 1.29 is 31.5 Å². The SMILES string of the molecule is O=C(O)c1cc(S(=O)(=O)N(CC(F)(F)F)C2CC2)cs1. The van der Waals surface area contributed by atoms with Gasteiger partial charge in [-0.2, -0.15) is 17.5 Å². The minimum atomic E-state index is -4.64. The standard InChI is InChI=1S/C10H10F3NO4S2/c11-10(12,13)5-14(6-1-2-6)20(17,18)7-3-8(9(15)16)19-4-7/h3-4,6H,1-2,5H2,(H,15,16). The number of alkyl halides is 3. The van der Waals surface area contributed by atoms with E-state index in [0.29, 0.717) is 28.5 Å². The summed E-state index contributed by atoms with van der Waals surface area (Å²) in [6, 6.07) is 0.225. The van der Waals surface area contributed by atoms with Gasteiger partial charge in [-0.1, -0.05) is 0 Å². The summed E-state index contributed by atoms with van der Waals surface area (Å²) < 4.78 is 62.2. The van der Waals surface area contributed by atoms with Crippen LogP contribution in [0, 0.1) is 0 Å². The molecule has 2 rings (SSSR count). The fourth-order valence-corrected chi connectivity index (χ4v) is 4.42. The number of hydrogen-bond acceptors (Lipinski definition) is 4. The molecule has 0 spiro atoms. The maximum atomic E-state index is 12.5. The summed E-state index contributed by atoms with van der Waals surface area (Å²) in [7, 11) is -4.32. The van der Waals surface area contributed by atoms with E-state index in [0.717, 1.165) is 11.4 Å². The van der Waals surface area contributed by atoms with E-state index in [1.807, 2.05) is 0 Å². The Morgan fingerprint density at radius 3 is 2.45 bits per heavy atom. The first-order valence-corrected chi connectivity index (χ1v) is 7.83. The van der Waals surface area contributed by atoms with E-state index < -0.39 is 39.7 Å². The van der Waals surface area contributed by atoms with Crippen molar-refractivity contribution in [3.8, 4) is 0 Å². The van der Waals surface area contributed by atoms with E-state index >= 15 is 0 Å². The number of halogens is 3. The van der Waals surface area contributed by atoms with Gasteiger partial charge in [0.15, 0.2) is 0 Å². The molecular weight excluding hydrogens is 319 g/mol. The first kappa shape index (κ1) is 15.3. The van der Waals surface area contributed by atoms with Crippen molar-refractivity contribution in [1.29, 1.82) is 0 Å². The van der Waals surface area contributed by atoms with Crippen molar-refractivity contribution in [2.45, 2.75) is 30.0 Å². The molecule has 1 aliphatic carbocycles. The van der Waals surface area contributed by atoms with Crippen LogP contribution in [0.4, 0.5) is 13.2 Å². The van der Waals surface area contributed by atoms with Crippen LogP contribution < -0.4 is 0 Å². The predicted molar refractivity (Wildman–Crippen MR) is 64.2 cm³/mol. The minimum Gasteiger partial charge on any atom is -0.477 e. The van der Waals surface area contributed by atoms with E-state index in [1.165, 1.54) is 0 Å². The maximum absolute atomic E-state index is 12.5. The molecule has 0 radical (unpaired) electrons. The Labute approximate surface area is 116 Å². The zero-order valence-electron chi connectivity index (χ0n) is 9.92.